The number of rotatable bonds is 20. The zero-order chi connectivity index (χ0) is 41.3. The summed E-state index contributed by atoms with van der Waals surface area (Å²) >= 11 is 6.73. The number of carboxylic acids is 2. The second-order valence-corrected chi connectivity index (χ2v) is 15.0. The Hall–Kier alpha value is -5.25. The fourth-order valence-electron chi connectivity index (χ4n) is 6.69. The van der Waals surface area contributed by atoms with Crippen LogP contribution in [-0.4, -0.2) is 92.1 Å². The molecule has 2 unspecified atom stereocenters. The third-order valence-electron chi connectivity index (χ3n) is 10.2. The number of carbonyl (C=O) groups excluding carboxylic acids is 1. The number of nitrogens with two attached hydrogens (primary N) is 1. The Labute approximate surface area is 336 Å². The second-order valence-electron chi connectivity index (χ2n) is 14.6. The molecule has 15 heteroatoms. The lowest BCUT2D eigenvalue weighted by molar-refractivity contribution is -0.146. The van der Waals surface area contributed by atoms with Crippen LogP contribution in [0, 0.1) is 13.8 Å². The van der Waals surface area contributed by atoms with Crippen LogP contribution < -0.4 is 25.3 Å². The molecule has 7 N–H and O–H groups in total. The number of halogens is 1. The summed E-state index contributed by atoms with van der Waals surface area (Å²) in [6.45, 7) is 7.02. The van der Waals surface area contributed by atoms with Crippen LogP contribution in [0.5, 0.6) is 17.2 Å². The number of likely N-dealkylation sites (tertiary alicyclic amines) is 1. The largest absolute Gasteiger partial charge is 0.493 e. The molecule has 1 aromatic heterocycles. The summed E-state index contributed by atoms with van der Waals surface area (Å²) in [5.41, 5.74) is 8.78. The fourth-order valence-corrected chi connectivity index (χ4v) is 6.93. The number of aliphatic hydroxyl groups is 2. The summed E-state index contributed by atoms with van der Waals surface area (Å²) in [5, 5.41) is 42.2. The van der Waals surface area contributed by atoms with Crippen molar-refractivity contribution in [3.63, 3.8) is 0 Å². The first-order chi connectivity index (χ1) is 27.1. The Morgan fingerprint density at radius 3 is 2.37 bits per heavy atom. The molecule has 2 atom stereocenters. The predicted molar refractivity (Wildman–Crippen MR) is 213 cm³/mol. The molecule has 1 saturated heterocycles. The maximum absolute atomic E-state index is 11.8. The van der Waals surface area contributed by atoms with Crippen molar-refractivity contribution in [1.29, 1.82) is 0 Å². The molecule has 2 heterocycles. The molecule has 0 radical (unpaired) electrons. The number of aliphatic carboxylic acids is 2. The molecule has 1 amide bonds. The number of carboxylic acid groups (broad SMARTS) is 2. The van der Waals surface area contributed by atoms with E-state index < -0.39 is 35.6 Å². The molecule has 14 nitrogen and oxygen atoms in total. The third-order valence-corrected chi connectivity index (χ3v) is 10.5. The van der Waals surface area contributed by atoms with Crippen LogP contribution in [0.3, 0.4) is 0 Å². The van der Waals surface area contributed by atoms with Crippen LogP contribution >= 0.6 is 11.6 Å². The van der Waals surface area contributed by atoms with Gasteiger partial charge in [-0.1, -0.05) is 41.9 Å². The second kappa shape index (κ2) is 18.8. The normalized spacial score (nSPS) is 16.5. The van der Waals surface area contributed by atoms with Gasteiger partial charge >= 0.3 is 11.9 Å². The zero-order valence-corrected chi connectivity index (χ0v) is 33.0. The van der Waals surface area contributed by atoms with Gasteiger partial charge in [-0.05, 0) is 79.6 Å². The van der Waals surface area contributed by atoms with Crippen LogP contribution in [0.15, 0.2) is 67.0 Å². The minimum Gasteiger partial charge on any atom is -0.493 e. The Kier molecular flexibility index (Phi) is 14.1. The number of pyridine rings is 1. The van der Waals surface area contributed by atoms with E-state index in [9.17, 15) is 29.7 Å². The minimum absolute atomic E-state index is 0.000932. The molecule has 5 rings (SSSR count). The molecule has 0 saturated carbocycles. The Morgan fingerprint density at radius 2 is 1.67 bits per heavy atom. The number of benzene rings is 3. The van der Waals surface area contributed by atoms with E-state index in [2.05, 4.69) is 15.2 Å². The summed E-state index contributed by atoms with van der Waals surface area (Å²) in [6.07, 6.45) is 3.79. The summed E-state index contributed by atoms with van der Waals surface area (Å²) in [6, 6.07) is 16.7. The number of hydrogen-bond donors (Lipinski definition) is 6. The van der Waals surface area contributed by atoms with Crippen molar-refractivity contribution in [2.45, 2.75) is 70.9 Å². The maximum Gasteiger partial charge on any atom is 0.326 e. The van der Waals surface area contributed by atoms with Crippen LogP contribution in [0.2, 0.25) is 5.02 Å². The molecule has 0 aliphatic carbocycles. The van der Waals surface area contributed by atoms with Crippen LogP contribution in [0.25, 0.3) is 11.1 Å². The highest BCUT2D eigenvalue weighted by atomic mass is 35.5. The zero-order valence-electron chi connectivity index (χ0n) is 32.2. The standard InChI is InChI=1S/C42H49ClN4O10/c1-26-29(7-4-8-32(26)33-9-5-10-35(27(33)2)55-14-6-12-47-13-11-42(54,24-47)18-38(49)50)23-57-37-17-36(56-22-28-15-31(39(44)51)20-45-19-28)30(16-34(37)43)21-46-41(3,25-48)40(52)53/h4-5,7-10,15-17,19-20,46,48,54H,6,11-14,18,21-25H2,1-3H3,(H2,44,51)(H,49,50)(H,52,53). The van der Waals surface area contributed by atoms with Crippen molar-refractivity contribution >= 4 is 29.4 Å². The number of nitrogens with zero attached hydrogens (tertiary/aromatic N) is 2. The molecule has 1 aliphatic rings. The Balaban J connectivity index is 1.29. The number of hydrogen-bond acceptors (Lipinski definition) is 11. The number of carbonyl (C=O) groups is 3. The van der Waals surface area contributed by atoms with E-state index in [0.717, 1.165) is 40.0 Å². The first-order valence-corrected chi connectivity index (χ1v) is 18.9. The van der Waals surface area contributed by atoms with Gasteiger partial charge in [-0.25, -0.2) is 0 Å². The highest BCUT2D eigenvalue weighted by Gasteiger charge is 2.37. The van der Waals surface area contributed by atoms with Gasteiger partial charge in [-0.2, -0.15) is 0 Å². The number of ether oxygens (including phenoxy) is 3. The lowest BCUT2D eigenvalue weighted by Crippen LogP contribution is -2.52. The Bertz CT molecular complexity index is 2100. The first-order valence-electron chi connectivity index (χ1n) is 18.5. The van der Waals surface area contributed by atoms with Gasteiger partial charge in [0.15, 0.2) is 0 Å². The summed E-state index contributed by atoms with van der Waals surface area (Å²) in [7, 11) is 0. The van der Waals surface area contributed by atoms with E-state index in [-0.39, 0.29) is 36.8 Å². The monoisotopic (exact) mass is 804 g/mol. The molecular formula is C42H49ClN4O10. The lowest BCUT2D eigenvalue weighted by atomic mass is 9.93. The van der Waals surface area contributed by atoms with E-state index in [1.165, 1.54) is 19.3 Å². The topological polar surface area (TPSA) is 214 Å². The van der Waals surface area contributed by atoms with E-state index in [1.807, 2.05) is 50.2 Å². The number of amides is 1. The maximum atomic E-state index is 11.8. The highest BCUT2D eigenvalue weighted by Crippen LogP contribution is 2.37. The van der Waals surface area contributed by atoms with Crippen molar-refractivity contribution in [3.05, 3.63) is 105 Å². The smallest absolute Gasteiger partial charge is 0.326 e. The van der Waals surface area contributed by atoms with Gasteiger partial charge in [-0.15, -0.1) is 0 Å². The minimum atomic E-state index is -1.63. The highest BCUT2D eigenvalue weighted by molar-refractivity contribution is 6.32. The molecule has 1 fully saturated rings. The first kappa shape index (κ1) is 42.9. The van der Waals surface area contributed by atoms with Crippen molar-refractivity contribution in [2.24, 2.45) is 5.73 Å². The van der Waals surface area contributed by atoms with E-state index in [4.69, 9.17) is 36.7 Å². The van der Waals surface area contributed by atoms with Crippen molar-refractivity contribution < 1.29 is 49.0 Å². The van der Waals surface area contributed by atoms with Crippen LogP contribution in [0.1, 0.15) is 64.4 Å². The molecule has 57 heavy (non-hydrogen) atoms. The average molecular weight is 805 g/mol. The van der Waals surface area contributed by atoms with Gasteiger partial charge in [0, 0.05) is 55.8 Å². The van der Waals surface area contributed by atoms with Gasteiger partial charge in [0.05, 0.1) is 35.8 Å². The molecule has 304 valence electrons. The number of β-amino-alcohol motifs (C(OH)–C–C–N with tert-alkyl or cyclic N) is 1. The number of aliphatic hydroxyl groups excluding tert-OH is 1. The number of aromatic nitrogens is 1. The molecule has 1 aliphatic heterocycles. The molecular weight excluding hydrogens is 756 g/mol. The summed E-state index contributed by atoms with van der Waals surface area (Å²) < 4.78 is 18.6. The predicted octanol–water partition coefficient (Wildman–Crippen LogP) is 4.88. The van der Waals surface area contributed by atoms with E-state index in [1.54, 1.807) is 18.2 Å². The van der Waals surface area contributed by atoms with Gasteiger partial charge in [0.25, 0.3) is 0 Å². The third kappa shape index (κ3) is 11.0. The van der Waals surface area contributed by atoms with E-state index >= 15 is 0 Å². The number of primary amides is 1. The van der Waals surface area contributed by atoms with Crippen molar-refractivity contribution in [2.75, 3.05) is 32.8 Å². The van der Waals surface area contributed by atoms with Gasteiger partial charge in [-0.3, -0.25) is 24.7 Å². The van der Waals surface area contributed by atoms with Crippen LogP contribution in [0.4, 0.5) is 0 Å². The van der Waals surface area contributed by atoms with Crippen molar-refractivity contribution in [1.82, 2.24) is 15.2 Å². The lowest BCUT2D eigenvalue weighted by Gasteiger charge is -2.25. The van der Waals surface area contributed by atoms with Crippen molar-refractivity contribution in [3.8, 4) is 28.4 Å². The summed E-state index contributed by atoms with van der Waals surface area (Å²) in [5.74, 6) is -1.46. The molecule has 3 aromatic carbocycles. The van der Waals surface area contributed by atoms with Crippen LogP contribution in [-0.2, 0) is 29.3 Å². The summed E-state index contributed by atoms with van der Waals surface area (Å²) in [4.78, 5) is 40.8. The number of nitrogens with one attached hydrogen (secondary N) is 1. The van der Waals surface area contributed by atoms with Gasteiger partial charge in [0.1, 0.15) is 36.0 Å². The SMILES string of the molecule is Cc1c(COc2cc(OCc3cncc(C(N)=O)c3)c(CNC(C)(CO)C(=O)O)cc2Cl)cccc1-c1cccc(OCCCN2CCC(O)(CC(=O)O)C2)c1C. The fraction of sp³-hybridized carbons (Fsp3) is 0.381. The molecule has 4 aromatic rings. The average Bonchev–Trinajstić information content (AvgIpc) is 3.54. The van der Waals surface area contributed by atoms with Gasteiger partial charge < -0.3 is 45.3 Å². The molecule has 0 spiro atoms. The molecule has 0 bridgehead atoms. The van der Waals surface area contributed by atoms with Gasteiger partial charge in [0.2, 0.25) is 5.91 Å². The van der Waals surface area contributed by atoms with E-state index in [0.29, 0.717) is 55.3 Å². The quantitative estimate of drug-likeness (QED) is 0.0658. The Morgan fingerprint density at radius 1 is 0.947 bits per heavy atom.